The van der Waals surface area contributed by atoms with E-state index in [4.69, 9.17) is 4.74 Å². The van der Waals surface area contributed by atoms with Crippen LogP contribution in [0, 0.1) is 6.92 Å². The number of phenolic OH excluding ortho intramolecular Hbond substituents is 1. The van der Waals surface area contributed by atoms with Crippen molar-refractivity contribution >= 4 is 5.78 Å². The summed E-state index contributed by atoms with van der Waals surface area (Å²) in [7, 11) is 0. The second-order valence-electron chi connectivity index (χ2n) is 7.67. The highest BCUT2D eigenvalue weighted by Crippen LogP contribution is 2.32. The Hall–Kier alpha value is -4.04. The number of carbonyl (C=O) groups is 1. The summed E-state index contributed by atoms with van der Waals surface area (Å²) in [6.45, 7) is 3.76. The summed E-state index contributed by atoms with van der Waals surface area (Å²) in [6.07, 6.45) is -0.480. The number of phenols is 1. The Kier molecular flexibility index (Phi) is 6.46. The van der Waals surface area contributed by atoms with Gasteiger partial charge in [0.1, 0.15) is 24.2 Å². The molecule has 0 aliphatic carbocycles. The number of benzene rings is 3. The Bertz CT molecular complexity index is 1250. The van der Waals surface area contributed by atoms with Crippen molar-refractivity contribution < 1.29 is 19.7 Å². The molecule has 33 heavy (non-hydrogen) atoms. The van der Waals surface area contributed by atoms with Crippen molar-refractivity contribution in [2.24, 2.45) is 0 Å². The number of aliphatic hydroxyl groups is 1. The van der Waals surface area contributed by atoms with Gasteiger partial charge < -0.3 is 14.9 Å². The molecule has 1 atom stereocenters. The van der Waals surface area contributed by atoms with E-state index in [0.717, 1.165) is 22.3 Å². The number of tetrazole rings is 1. The molecule has 3 N–H and O–H groups in total. The van der Waals surface area contributed by atoms with Crippen molar-refractivity contribution in [2.75, 3.05) is 0 Å². The van der Waals surface area contributed by atoms with Gasteiger partial charge in [-0.15, -0.1) is 5.10 Å². The number of aromatic amines is 1. The van der Waals surface area contributed by atoms with Crippen LogP contribution < -0.4 is 4.74 Å². The number of nitrogens with one attached hydrogen (secondary N) is 1. The number of hydrogen-bond acceptors (Lipinski definition) is 7. The molecule has 3 aromatic carbocycles. The fourth-order valence-corrected chi connectivity index (χ4v) is 3.54. The lowest BCUT2D eigenvalue weighted by Gasteiger charge is -2.14. The van der Waals surface area contributed by atoms with Crippen LogP contribution in [0.25, 0.3) is 11.4 Å². The molecule has 1 aromatic heterocycles. The molecule has 4 aromatic rings. The quantitative estimate of drug-likeness (QED) is 0.349. The van der Waals surface area contributed by atoms with Gasteiger partial charge in [0.25, 0.3) is 0 Å². The lowest BCUT2D eigenvalue weighted by Crippen LogP contribution is -2.03. The smallest absolute Gasteiger partial charge is 0.179 e. The van der Waals surface area contributed by atoms with Gasteiger partial charge >= 0.3 is 0 Å². The number of ether oxygens (including phenoxy) is 1. The molecular formula is C25H24N4O4. The minimum atomic E-state index is -0.807. The average Bonchev–Trinajstić information content (AvgIpc) is 3.40. The second kappa shape index (κ2) is 9.62. The van der Waals surface area contributed by atoms with E-state index in [-0.39, 0.29) is 18.1 Å². The van der Waals surface area contributed by atoms with E-state index in [1.54, 1.807) is 26.0 Å². The fourth-order valence-electron chi connectivity index (χ4n) is 3.54. The SMILES string of the molecule is CCC(=O)c1ccc(OCc2ccc([C@H](O)c3cccc(-c4nnn[nH]4)c3)cc2)c(C)c1O. The molecule has 0 saturated heterocycles. The standard InChI is InChI=1S/C25H24N4O4/c1-3-21(30)20-11-12-22(15(2)23(20)31)33-14-16-7-9-17(10-8-16)24(32)18-5-4-6-19(13-18)25-26-28-29-27-25/h4-13,24,31-32H,3,14H2,1-2H3,(H,26,27,28,29)/t24-/m0/s1. The van der Waals surface area contributed by atoms with Gasteiger partial charge in [-0.2, -0.15) is 0 Å². The van der Waals surface area contributed by atoms with Gasteiger partial charge in [-0.1, -0.05) is 49.4 Å². The van der Waals surface area contributed by atoms with Gasteiger partial charge in [0, 0.05) is 17.5 Å². The Balaban J connectivity index is 1.44. The average molecular weight is 444 g/mol. The molecule has 0 aliphatic heterocycles. The van der Waals surface area contributed by atoms with Crippen molar-refractivity contribution in [3.63, 3.8) is 0 Å². The first-order valence-electron chi connectivity index (χ1n) is 10.6. The maximum atomic E-state index is 11.9. The lowest BCUT2D eigenvalue weighted by molar-refractivity contribution is 0.0985. The number of nitrogens with zero attached hydrogens (tertiary/aromatic N) is 3. The van der Waals surface area contributed by atoms with Crippen LogP contribution in [0.4, 0.5) is 0 Å². The molecule has 1 heterocycles. The van der Waals surface area contributed by atoms with E-state index in [2.05, 4.69) is 20.6 Å². The number of carbonyl (C=O) groups excluding carboxylic acids is 1. The first-order valence-corrected chi connectivity index (χ1v) is 10.6. The molecule has 0 fully saturated rings. The van der Waals surface area contributed by atoms with Crippen LogP contribution in [0.5, 0.6) is 11.5 Å². The van der Waals surface area contributed by atoms with E-state index < -0.39 is 6.10 Å². The van der Waals surface area contributed by atoms with E-state index >= 15 is 0 Å². The van der Waals surface area contributed by atoms with E-state index in [0.29, 0.717) is 29.1 Å². The Morgan fingerprint density at radius 1 is 1.09 bits per heavy atom. The lowest BCUT2D eigenvalue weighted by atomic mass is 9.98. The number of aromatic nitrogens is 4. The summed E-state index contributed by atoms with van der Waals surface area (Å²) in [5, 5.41) is 34.9. The summed E-state index contributed by atoms with van der Waals surface area (Å²) in [5.41, 5.74) is 3.99. The summed E-state index contributed by atoms with van der Waals surface area (Å²) in [5.74, 6) is 0.897. The zero-order chi connectivity index (χ0) is 23.4. The number of Topliss-reactive ketones (excluding diaryl/α,β-unsaturated/α-hetero) is 1. The minimum Gasteiger partial charge on any atom is -0.507 e. The molecule has 0 radical (unpaired) electrons. The molecule has 0 amide bonds. The van der Waals surface area contributed by atoms with Crippen LogP contribution in [-0.4, -0.2) is 36.6 Å². The number of aliphatic hydroxyl groups excluding tert-OH is 1. The topological polar surface area (TPSA) is 121 Å². The van der Waals surface area contributed by atoms with Gasteiger partial charge in [-0.25, -0.2) is 5.10 Å². The molecule has 0 aliphatic rings. The third-order valence-electron chi connectivity index (χ3n) is 5.51. The second-order valence-corrected chi connectivity index (χ2v) is 7.67. The summed E-state index contributed by atoms with van der Waals surface area (Å²) >= 11 is 0. The number of rotatable bonds is 8. The highest BCUT2D eigenvalue weighted by Gasteiger charge is 2.15. The molecule has 0 saturated carbocycles. The third-order valence-corrected chi connectivity index (χ3v) is 5.51. The van der Waals surface area contributed by atoms with E-state index in [1.807, 2.05) is 48.5 Å². The van der Waals surface area contributed by atoms with Gasteiger partial charge in [0.15, 0.2) is 11.6 Å². The number of aromatic hydroxyl groups is 1. The maximum absolute atomic E-state index is 11.9. The van der Waals surface area contributed by atoms with E-state index in [1.165, 1.54) is 0 Å². The number of H-pyrrole nitrogens is 1. The van der Waals surface area contributed by atoms with Gasteiger partial charge in [-0.05, 0) is 52.2 Å². The first-order chi connectivity index (χ1) is 16.0. The van der Waals surface area contributed by atoms with Crippen LogP contribution in [0.2, 0.25) is 0 Å². The molecule has 168 valence electrons. The summed E-state index contributed by atoms with van der Waals surface area (Å²) in [4.78, 5) is 11.9. The molecule has 0 spiro atoms. The zero-order valence-electron chi connectivity index (χ0n) is 18.3. The predicted octanol–water partition coefficient (Wildman–Crippen LogP) is 4.13. The van der Waals surface area contributed by atoms with Crippen molar-refractivity contribution in [1.29, 1.82) is 0 Å². The molecule has 8 nitrogen and oxygen atoms in total. The van der Waals surface area contributed by atoms with E-state index in [9.17, 15) is 15.0 Å². The highest BCUT2D eigenvalue weighted by molar-refractivity contribution is 5.99. The molecular weight excluding hydrogens is 420 g/mol. The third kappa shape index (κ3) is 4.75. The van der Waals surface area contributed by atoms with Gasteiger partial charge in [-0.3, -0.25) is 4.79 Å². The van der Waals surface area contributed by atoms with Crippen molar-refractivity contribution in [1.82, 2.24) is 20.6 Å². The van der Waals surface area contributed by atoms with Crippen LogP contribution in [0.15, 0.2) is 60.7 Å². The van der Waals surface area contributed by atoms with Crippen LogP contribution in [0.1, 0.15) is 52.1 Å². The minimum absolute atomic E-state index is 0.0406. The maximum Gasteiger partial charge on any atom is 0.179 e. The molecule has 8 heteroatoms. The Morgan fingerprint density at radius 2 is 1.88 bits per heavy atom. The van der Waals surface area contributed by atoms with Crippen molar-refractivity contribution in [3.05, 3.63) is 88.5 Å². The Labute approximate surface area is 190 Å². The van der Waals surface area contributed by atoms with Gasteiger partial charge in [0.05, 0.1) is 5.56 Å². The largest absolute Gasteiger partial charge is 0.507 e. The molecule has 4 rings (SSSR count). The fraction of sp³-hybridized carbons (Fsp3) is 0.200. The zero-order valence-corrected chi connectivity index (χ0v) is 18.3. The predicted molar refractivity (Wildman–Crippen MR) is 122 cm³/mol. The van der Waals surface area contributed by atoms with Crippen LogP contribution in [0.3, 0.4) is 0 Å². The van der Waals surface area contributed by atoms with Gasteiger partial charge in [0.2, 0.25) is 0 Å². The Morgan fingerprint density at radius 3 is 2.58 bits per heavy atom. The number of ketones is 1. The normalized spacial score (nSPS) is 11.8. The van der Waals surface area contributed by atoms with Crippen LogP contribution in [-0.2, 0) is 6.61 Å². The number of hydrogen-bond donors (Lipinski definition) is 3. The first kappa shape index (κ1) is 22.2. The molecule has 0 bridgehead atoms. The highest BCUT2D eigenvalue weighted by atomic mass is 16.5. The van der Waals surface area contributed by atoms with Crippen LogP contribution >= 0.6 is 0 Å². The van der Waals surface area contributed by atoms with Crippen molar-refractivity contribution in [2.45, 2.75) is 33.0 Å². The van der Waals surface area contributed by atoms with Crippen molar-refractivity contribution in [3.8, 4) is 22.9 Å². The summed E-state index contributed by atoms with van der Waals surface area (Å²) < 4.78 is 5.86. The summed E-state index contributed by atoms with van der Waals surface area (Å²) in [6, 6.07) is 18.1. The monoisotopic (exact) mass is 444 g/mol. The molecule has 0 unspecified atom stereocenters.